The van der Waals surface area contributed by atoms with E-state index in [0.29, 0.717) is 43.4 Å². The highest BCUT2D eigenvalue weighted by Crippen LogP contribution is 2.42. The molecule has 2 fully saturated rings. The molecule has 240 valence electrons. The average molecular weight is 605 g/mol. The van der Waals surface area contributed by atoms with E-state index >= 15 is 0 Å². The number of anilines is 1. The minimum atomic E-state index is -0.502. The number of aromatic nitrogens is 1. The summed E-state index contributed by atoms with van der Waals surface area (Å²) in [4.78, 5) is 54.0. The zero-order valence-corrected chi connectivity index (χ0v) is 25.6. The first-order valence-corrected chi connectivity index (χ1v) is 14.5. The minimum absolute atomic E-state index is 0.105. The summed E-state index contributed by atoms with van der Waals surface area (Å²) in [6.45, 7) is 6.57. The van der Waals surface area contributed by atoms with Crippen LogP contribution >= 0.6 is 0 Å². The lowest BCUT2D eigenvalue weighted by molar-refractivity contribution is -0.134. The highest BCUT2D eigenvalue weighted by molar-refractivity contribution is 6.37. The summed E-state index contributed by atoms with van der Waals surface area (Å²) in [6.07, 6.45) is 14.2. The van der Waals surface area contributed by atoms with Crippen molar-refractivity contribution in [3.63, 3.8) is 0 Å². The standard InChI is InChI=1S/C11H19NO.C10H19N5O3.C8H10N2O2/c1-8-5-9-3-2-4-10(6-9)11(8)12-7-13;1-7(5-3-4-6-8(16)18-2)13-10(17)9(11)14-15-12;1-2-10-5-3-4-7(8(10)12)9-6-11/h7-11H,2-6H2,1H3,(H,12,13);4,6-7,15H,3,5,12H2,1-2H3,(H2,11,14)(H,13,17);3-6H,2H2,1H3,(H,9,11)/b;6-4+;/t;7-;/m.1./s1. The third kappa shape index (κ3) is 13.5. The van der Waals surface area contributed by atoms with Crippen molar-refractivity contribution in [3.05, 3.63) is 40.8 Å². The number of rotatable bonds is 11. The number of carbonyl (C=O) groups is 4. The molecule has 2 bridgehead atoms. The van der Waals surface area contributed by atoms with Gasteiger partial charge in [-0.05, 0) is 75.8 Å². The lowest BCUT2D eigenvalue weighted by Crippen LogP contribution is -2.47. The van der Waals surface area contributed by atoms with Gasteiger partial charge in [-0.3, -0.25) is 19.2 Å². The Bertz CT molecular complexity index is 1140. The van der Waals surface area contributed by atoms with Gasteiger partial charge in [0.25, 0.3) is 11.5 Å². The predicted molar refractivity (Wildman–Crippen MR) is 165 cm³/mol. The molecule has 0 radical (unpaired) electrons. The molecule has 0 aliphatic heterocycles. The summed E-state index contributed by atoms with van der Waals surface area (Å²) in [5, 5.41) is 11.3. The van der Waals surface area contributed by atoms with E-state index in [2.05, 4.69) is 32.7 Å². The highest BCUT2D eigenvalue weighted by Gasteiger charge is 2.37. The Morgan fingerprint density at radius 2 is 1.98 bits per heavy atom. The molecule has 3 amide bonds. The first-order chi connectivity index (χ1) is 20.6. The van der Waals surface area contributed by atoms with Crippen molar-refractivity contribution in [2.45, 2.75) is 84.3 Å². The van der Waals surface area contributed by atoms with Crippen molar-refractivity contribution in [3.8, 4) is 0 Å². The molecule has 1 heterocycles. The molecule has 14 heteroatoms. The molecule has 2 aliphatic rings. The van der Waals surface area contributed by atoms with Crippen molar-refractivity contribution < 1.29 is 23.9 Å². The van der Waals surface area contributed by atoms with Crippen molar-refractivity contribution in [2.75, 3.05) is 12.4 Å². The Labute approximate surface area is 253 Å². The Kier molecular flexibility index (Phi) is 17.7. The van der Waals surface area contributed by atoms with Crippen LogP contribution in [0, 0.1) is 17.8 Å². The monoisotopic (exact) mass is 604 g/mol. The molecule has 0 spiro atoms. The number of methoxy groups -OCH3 is 1. The van der Waals surface area contributed by atoms with E-state index in [-0.39, 0.29) is 17.4 Å². The Hall–Kier alpha value is -4.20. The largest absolute Gasteiger partial charge is 0.466 e. The van der Waals surface area contributed by atoms with Gasteiger partial charge in [0.15, 0.2) is 0 Å². The number of aryl methyl sites for hydroxylation is 1. The number of pyridine rings is 1. The van der Waals surface area contributed by atoms with Crippen molar-refractivity contribution >= 4 is 36.2 Å². The van der Waals surface area contributed by atoms with Gasteiger partial charge in [0.1, 0.15) is 5.69 Å². The number of nitrogens with two attached hydrogens (primary N) is 2. The fraction of sp³-hybridized carbons (Fsp3) is 0.586. The van der Waals surface area contributed by atoms with E-state index in [0.717, 1.165) is 18.2 Å². The number of allylic oxidation sites excluding steroid dienone is 1. The molecular formula is C29H48N8O6. The number of esters is 1. The maximum Gasteiger partial charge on any atom is 0.330 e. The third-order valence-electron chi connectivity index (χ3n) is 7.50. The first-order valence-electron chi connectivity index (χ1n) is 14.5. The van der Waals surface area contributed by atoms with Gasteiger partial charge in [0.2, 0.25) is 18.7 Å². The molecule has 1 aromatic heterocycles. The average Bonchev–Trinajstić information content (AvgIpc) is 2.99. The van der Waals surface area contributed by atoms with Crippen LogP contribution in [-0.4, -0.2) is 54.3 Å². The molecule has 8 N–H and O–H groups in total. The van der Waals surface area contributed by atoms with Crippen LogP contribution in [0.15, 0.2) is 40.4 Å². The van der Waals surface area contributed by atoms with Crippen LogP contribution in [0.2, 0.25) is 0 Å². The number of carbonyl (C=O) groups excluding carboxylic acids is 4. The zero-order chi connectivity index (χ0) is 32.2. The van der Waals surface area contributed by atoms with Gasteiger partial charge in [-0.25, -0.2) is 16.2 Å². The SMILES string of the molecule is CC1CC2CCCC(C2)C1NC=O.CCn1cccc(NC=O)c1=O.COC(=O)/C=C/CC[C@@H](C)NC(=O)/C(N)=N/NN. The summed E-state index contributed by atoms with van der Waals surface area (Å²) in [6, 6.07) is 3.65. The number of nitrogens with zero attached hydrogens (tertiary/aromatic N) is 2. The van der Waals surface area contributed by atoms with E-state index in [9.17, 15) is 24.0 Å². The summed E-state index contributed by atoms with van der Waals surface area (Å²) in [5.74, 6) is 6.16. The van der Waals surface area contributed by atoms with Gasteiger partial charge in [-0.15, -0.1) is 5.10 Å². The number of hydrazone groups is 1. The number of hydrazine groups is 1. The molecule has 2 aliphatic carbocycles. The van der Waals surface area contributed by atoms with E-state index in [1.54, 1.807) is 24.4 Å². The van der Waals surface area contributed by atoms with Crippen LogP contribution in [0.4, 0.5) is 5.69 Å². The van der Waals surface area contributed by atoms with Crippen LogP contribution < -0.4 is 38.6 Å². The van der Waals surface area contributed by atoms with Crippen molar-refractivity contribution in [1.82, 2.24) is 20.7 Å². The molecule has 5 atom stereocenters. The number of nitrogens with one attached hydrogen (secondary N) is 4. The second kappa shape index (κ2) is 20.6. The smallest absolute Gasteiger partial charge is 0.330 e. The van der Waals surface area contributed by atoms with E-state index in [1.807, 2.05) is 19.4 Å². The van der Waals surface area contributed by atoms with Gasteiger partial charge in [-0.2, -0.15) is 0 Å². The minimum Gasteiger partial charge on any atom is -0.466 e. The van der Waals surface area contributed by atoms with Gasteiger partial charge in [0, 0.05) is 30.9 Å². The molecule has 4 unspecified atom stereocenters. The van der Waals surface area contributed by atoms with Gasteiger partial charge in [0.05, 0.1) is 7.11 Å². The molecule has 0 aromatic carbocycles. The van der Waals surface area contributed by atoms with E-state index < -0.39 is 11.9 Å². The van der Waals surface area contributed by atoms with E-state index in [4.69, 9.17) is 11.6 Å². The quantitative estimate of drug-likeness (QED) is 0.0406. The molecule has 43 heavy (non-hydrogen) atoms. The van der Waals surface area contributed by atoms with Crippen LogP contribution in [0.25, 0.3) is 0 Å². The van der Waals surface area contributed by atoms with Gasteiger partial charge >= 0.3 is 5.97 Å². The van der Waals surface area contributed by atoms with Crippen LogP contribution in [0.1, 0.15) is 65.7 Å². The van der Waals surface area contributed by atoms with Crippen LogP contribution in [0.5, 0.6) is 0 Å². The van der Waals surface area contributed by atoms with Crippen LogP contribution in [-0.2, 0) is 30.5 Å². The number of hydrogen-bond donors (Lipinski definition) is 6. The normalized spacial score (nSPS) is 21.5. The molecule has 3 rings (SSSR count). The molecule has 2 saturated carbocycles. The lowest BCUT2D eigenvalue weighted by Gasteiger charge is -2.43. The Balaban J connectivity index is 0.000000330. The summed E-state index contributed by atoms with van der Waals surface area (Å²) in [7, 11) is 1.31. The second-order valence-electron chi connectivity index (χ2n) is 10.6. The van der Waals surface area contributed by atoms with Crippen LogP contribution in [0.3, 0.4) is 0 Å². The fourth-order valence-electron chi connectivity index (χ4n) is 5.43. The second-order valence-corrected chi connectivity index (χ2v) is 10.6. The number of amidine groups is 1. The van der Waals surface area contributed by atoms with Gasteiger partial charge < -0.3 is 31.0 Å². The number of hydrogen-bond acceptors (Lipinski definition) is 9. The van der Waals surface area contributed by atoms with Gasteiger partial charge in [-0.1, -0.05) is 25.8 Å². The summed E-state index contributed by atoms with van der Waals surface area (Å²) in [5.41, 5.74) is 7.38. The topological polar surface area (TPSA) is 212 Å². The first kappa shape index (κ1) is 36.8. The number of ether oxygens (including phenoxy) is 1. The lowest BCUT2D eigenvalue weighted by atomic mass is 9.66. The molecular weight excluding hydrogens is 556 g/mol. The summed E-state index contributed by atoms with van der Waals surface area (Å²) >= 11 is 0. The Morgan fingerprint density at radius 1 is 1.23 bits per heavy atom. The van der Waals surface area contributed by atoms with Crippen molar-refractivity contribution in [1.29, 1.82) is 0 Å². The fourth-order valence-corrected chi connectivity index (χ4v) is 5.43. The molecule has 14 nitrogen and oxygen atoms in total. The maximum atomic E-state index is 11.4. The zero-order valence-electron chi connectivity index (χ0n) is 25.6. The van der Waals surface area contributed by atoms with Crippen molar-refractivity contribution in [2.24, 2.45) is 34.4 Å². The van der Waals surface area contributed by atoms with E-state index in [1.165, 1.54) is 49.9 Å². The Morgan fingerprint density at radius 3 is 2.60 bits per heavy atom. The molecule has 1 aromatic rings. The third-order valence-corrected chi connectivity index (χ3v) is 7.50. The predicted octanol–water partition coefficient (Wildman–Crippen LogP) is 1.12. The summed E-state index contributed by atoms with van der Waals surface area (Å²) < 4.78 is 5.95. The highest BCUT2D eigenvalue weighted by atomic mass is 16.5. The number of amides is 3. The maximum absolute atomic E-state index is 11.4. The number of fused-ring (bicyclic) bond motifs is 2. The molecule has 0 saturated heterocycles.